The van der Waals surface area contributed by atoms with Gasteiger partial charge in [0.15, 0.2) is 0 Å². The molecule has 1 aromatic heterocycles. The molecule has 0 saturated heterocycles. The van der Waals surface area contributed by atoms with Crippen molar-refractivity contribution >= 4 is 11.5 Å². The molecule has 1 aromatic rings. The highest BCUT2D eigenvalue weighted by Crippen LogP contribution is 2.28. The van der Waals surface area contributed by atoms with E-state index in [1.165, 1.54) is 25.7 Å². The number of nitrogens with two attached hydrogens (primary N) is 1. The number of aromatic nitrogens is 1. The molecule has 112 valence electrons. The lowest BCUT2D eigenvalue weighted by Crippen LogP contribution is -2.30. The Morgan fingerprint density at radius 2 is 2.10 bits per heavy atom. The molecule has 1 fully saturated rings. The third-order valence-corrected chi connectivity index (χ3v) is 3.89. The first kappa shape index (κ1) is 14.9. The van der Waals surface area contributed by atoms with E-state index in [1.807, 2.05) is 12.1 Å². The van der Waals surface area contributed by atoms with E-state index in [1.54, 1.807) is 0 Å². The summed E-state index contributed by atoms with van der Waals surface area (Å²) < 4.78 is 5.68. The van der Waals surface area contributed by atoms with Gasteiger partial charge in [-0.15, -0.1) is 0 Å². The van der Waals surface area contributed by atoms with Crippen molar-refractivity contribution in [3.8, 4) is 5.88 Å². The molecule has 2 unspecified atom stereocenters. The Balaban J connectivity index is 2.02. The molecule has 4 nitrogen and oxygen atoms in total. The Morgan fingerprint density at radius 3 is 2.80 bits per heavy atom. The molecule has 1 aliphatic carbocycles. The van der Waals surface area contributed by atoms with E-state index in [9.17, 15) is 0 Å². The Bertz CT molecular complexity index is 434. The number of rotatable bonds is 5. The van der Waals surface area contributed by atoms with E-state index < -0.39 is 0 Å². The molecule has 4 heteroatoms. The molecule has 0 amide bonds. The Labute approximate surface area is 122 Å². The van der Waals surface area contributed by atoms with E-state index in [0.717, 1.165) is 5.82 Å². The molecule has 0 spiro atoms. The van der Waals surface area contributed by atoms with Gasteiger partial charge in [0, 0.05) is 6.04 Å². The Morgan fingerprint density at radius 1 is 1.35 bits per heavy atom. The fourth-order valence-corrected chi connectivity index (χ4v) is 2.61. The number of hydrogen-bond acceptors (Lipinski definition) is 4. The average molecular weight is 277 g/mol. The minimum atomic E-state index is 0.464. The van der Waals surface area contributed by atoms with Crippen LogP contribution in [0.1, 0.15) is 46.5 Å². The van der Waals surface area contributed by atoms with Gasteiger partial charge in [-0.25, -0.2) is 0 Å². The van der Waals surface area contributed by atoms with Crippen molar-refractivity contribution in [1.29, 1.82) is 0 Å². The van der Waals surface area contributed by atoms with Crippen LogP contribution in [0.2, 0.25) is 0 Å². The van der Waals surface area contributed by atoms with Gasteiger partial charge >= 0.3 is 0 Å². The van der Waals surface area contributed by atoms with Crippen LogP contribution in [0.4, 0.5) is 11.5 Å². The highest BCUT2D eigenvalue weighted by molar-refractivity contribution is 5.53. The lowest BCUT2D eigenvalue weighted by atomic mass is 9.86. The predicted octanol–water partition coefficient (Wildman–Crippen LogP) is 3.69. The second kappa shape index (κ2) is 6.82. The number of anilines is 2. The molecule has 1 aliphatic rings. The Kier molecular flexibility index (Phi) is 5.10. The summed E-state index contributed by atoms with van der Waals surface area (Å²) in [6, 6.07) is 4.33. The molecule has 3 N–H and O–H groups in total. The van der Waals surface area contributed by atoms with E-state index in [-0.39, 0.29) is 0 Å². The summed E-state index contributed by atoms with van der Waals surface area (Å²) in [5.74, 6) is 2.58. The zero-order chi connectivity index (χ0) is 14.5. The first-order chi connectivity index (χ1) is 9.56. The van der Waals surface area contributed by atoms with Crippen molar-refractivity contribution < 1.29 is 4.74 Å². The normalized spacial score (nSPS) is 22.8. The molecule has 0 bridgehead atoms. The zero-order valence-electron chi connectivity index (χ0n) is 12.9. The molecular formula is C16H27N3O. The minimum Gasteiger partial charge on any atom is -0.476 e. The standard InChI is InChI=1S/C16H27N3O/c1-11(2)10-20-16-13(17)8-9-15(19-16)18-14-7-5-4-6-12(14)3/h8-9,11-12,14H,4-7,10,17H2,1-3H3,(H,18,19). The second-order valence-electron chi connectivity index (χ2n) is 6.31. The van der Waals surface area contributed by atoms with Gasteiger partial charge in [0.1, 0.15) is 5.82 Å². The zero-order valence-corrected chi connectivity index (χ0v) is 12.9. The van der Waals surface area contributed by atoms with Gasteiger partial charge in [0.2, 0.25) is 5.88 Å². The van der Waals surface area contributed by atoms with Crippen LogP contribution in [0.15, 0.2) is 12.1 Å². The van der Waals surface area contributed by atoms with Gasteiger partial charge in [0.25, 0.3) is 0 Å². The molecule has 2 rings (SSSR count). The van der Waals surface area contributed by atoms with Crippen molar-refractivity contribution in [3.05, 3.63) is 12.1 Å². The van der Waals surface area contributed by atoms with Crippen molar-refractivity contribution in [2.45, 2.75) is 52.5 Å². The van der Waals surface area contributed by atoms with Crippen molar-refractivity contribution in [2.24, 2.45) is 11.8 Å². The number of pyridine rings is 1. The van der Waals surface area contributed by atoms with Gasteiger partial charge in [-0.1, -0.05) is 33.6 Å². The molecule has 0 aliphatic heterocycles. The van der Waals surface area contributed by atoms with Crippen molar-refractivity contribution in [2.75, 3.05) is 17.7 Å². The molecule has 2 atom stereocenters. The van der Waals surface area contributed by atoms with Gasteiger partial charge < -0.3 is 15.8 Å². The van der Waals surface area contributed by atoms with Crippen LogP contribution in [0.25, 0.3) is 0 Å². The second-order valence-corrected chi connectivity index (χ2v) is 6.31. The van der Waals surface area contributed by atoms with Crippen LogP contribution in [0, 0.1) is 11.8 Å². The molecule has 0 aromatic carbocycles. The van der Waals surface area contributed by atoms with Gasteiger partial charge in [-0.3, -0.25) is 0 Å². The quantitative estimate of drug-likeness (QED) is 0.861. The van der Waals surface area contributed by atoms with Crippen LogP contribution in [-0.2, 0) is 0 Å². The van der Waals surface area contributed by atoms with E-state index >= 15 is 0 Å². The molecule has 1 heterocycles. The van der Waals surface area contributed by atoms with Gasteiger partial charge in [0.05, 0.1) is 12.3 Å². The summed E-state index contributed by atoms with van der Waals surface area (Å²) >= 11 is 0. The summed E-state index contributed by atoms with van der Waals surface area (Å²) in [4.78, 5) is 4.51. The van der Waals surface area contributed by atoms with Crippen LogP contribution >= 0.6 is 0 Å². The number of ether oxygens (including phenoxy) is 1. The lowest BCUT2D eigenvalue weighted by Gasteiger charge is -2.30. The summed E-state index contributed by atoms with van der Waals surface area (Å²) in [7, 11) is 0. The smallest absolute Gasteiger partial charge is 0.239 e. The minimum absolute atomic E-state index is 0.464. The van der Waals surface area contributed by atoms with Crippen LogP contribution in [0.3, 0.4) is 0 Å². The molecule has 20 heavy (non-hydrogen) atoms. The van der Waals surface area contributed by atoms with Crippen LogP contribution in [-0.4, -0.2) is 17.6 Å². The third kappa shape index (κ3) is 4.02. The highest BCUT2D eigenvalue weighted by Gasteiger charge is 2.21. The fourth-order valence-electron chi connectivity index (χ4n) is 2.61. The largest absolute Gasteiger partial charge is 0.476 e. The third-order valence-electron chi connectivity index (χ3n) is 3.89. The first-order valence-electron chi connectivity index (χ1n) is 7.72. The van der Waals surface area contributed by atoms with E-state index in [2.05, 4.69) is 31.1 Å². The maximum absolute atomic E-state index is 5.92. The maximum Gasteiger partial charge on any atom is 0.239 e. The highest BCUT2D eigenvalue weighted by atomic mass is 16.5. The summed E-state index contributed by atoms with van der Waals surface area (Å²) in [6.07, 6.45) is 5.16. The van der Waals surface area contributed by atoms with Crippen LogP contribution in [0.5, 0.6) is 5.88 Å². The first-order valence-corrected chi connectivity index (χ1v) is 7.72. The van der Waals surface area contributed by atoms with E-state index in [0.29, 0.717) is 36.1 Å². The average Bonchev–Trinajstić information content (AvgIpc) is 2.42. The number of nitrogen functional groups attached to an aromatic ring is 1. The predicted molar refractivity (Wildman–Crippen MR) is 84.0 cm³/mol. The maximum atomic E-state index is 5.92. The summed E-state index contributed by atoms with van der Waals surface area (Å²) in [5.41, 5.74) is 6.53. The molecule has 1 saturated carbocycles. The summed E-state index contributed by atoms with van der Waals surface area (Å²) in [5, 5.41) is 3.54. The monoisotopic (exact) mass is 277 g/mol. The van der Waals surface area contributed by atoms with E-state index in [4.69, 9.17) is 10.5 Å². The van der Waals surface area contributed by atoms with Crippen molar-refractivity contribution in [3.63, 3.8) is 0 Å². The number of nitrogens with zero attached hydrogens (tertiary/aromatic N) is 1. The fraction of sp³-hybridized carbons (Fsp3) is 0.688. The molecular weight excluding hydrogens is 250 g/mol. The molecule has 0 radical (unpaired) electrons. The SMILES string of the molecule is CC(C)COc1nc(NC2CCCCC2C)ccc1N. The lowest BCUT2D eigenvalue weighted by molar-refractivity contribution is 0.263. The Hall–Kier alpha value is -1.45. The van der Waals surface area contributed by atoms with Gasteiger partial charge in [-0.05, 0) is 36.8 Å². The van der Waals surface area contributed by atoms with Crippen molar-refractivity contribution in [1.82, 2.24) is 4.98 Å². The topological polar surface area (TPSA) is 60.2 Å². The summed E-state index contributed by atoms with van der Waals surface area (Å²) in [6.45, 7) is 7.18. The van der Waals surface area contributed by atoms with Gasteiger partial charge in [-0.2, -0.15) is 4.98 Å². The number of hydrogen-bond donors (Lipinski definition) is 2. The van der Waals surface area contributed by atoms with Crippen LogP contribution < -0.4 is 15.8 Å². The number of nitrogens with one attached hydrogen (secondary N) is 1.